The summed E-state index contributed by atoms with van der Waals surface area (Å²) in [6.45, 7) is 8.62. The SMILES string of the molecule is CC(C)CCCN1CC2CC(C1)N2C. The fourth-order valence-corrected chi connectivity index (χ4v) is 2.79. The van der Waals surface area contributed by atoms with Crippen LogP contribution in [0.2, 0.25) is 0 Å². The molecule has 0 aromatic rings. The molecule has 0 aromatic carbocycles. The molecule has 0 aromatic heterocycles. The standard InChI is InChI=1S/C12H24N2/c1-10(2)5-4-6-14-8-11-7-12(9-14)13(11)3/h10-12H,4-9H2,1-3H3. The molecule has 0 saturated carbocycles. The van der Waals surface area contributed by atoms with Gasteiger partial charge in [-0.2, -0.15) is 0 Å². The Hall–Kier alpha value is -0.0800. The van der Waals surface area contributed by atoms with E-state index in [1.807, 2.05) is 0 Å². The number of nitrogens with zero attached hydrogens (tertiary/aromatic N) is 2. The van der Waals surface area contributed by atoms with Crippen molar-refractivity contribution in [3.05, 3.63) is 0 Å². The zero-order valence-electron chi connectivity index (χ0n) is 9.87. The van der Waals surface area contributed by atoms with Crippen LogP contribution in [0.25, 0.3) is 0 Å². The number of piperidine rings is 1. The van der Waals surface area contributed by atoms with Gasteiger partial charge in [-0.25, -0.2) is 0 Å². The summed E-state index contributed by atoms with van der Waals surface area (Å²) < 4.78 is 0. The summed E-state index contributed by atoms with van der Waals surface area (Å²) in [5.74, 6) is 0.872. The molecule has 3 fully saturated rings. The van der Waals surface area contributed by atoms with Gasteiger partial charge < -0.3 is 4.90 Å². The monoisotopic (exact) mass is 196 g/mol. The van der Waals surface area contributed by atoms with Crippen LogP contribution in [0, 0.1) is 5.92 Å². The number of rotatable bonds is 4. The first kappa shape index (κ1) is 10.4. The second-order valence-corrected chi connectivity index (χ2v) is 5.50. The van der Waals surface area contributed by atoms with E-state index in [4.69, 9.17) is 0 Å². The van der Waals surface area contributed by atoms with Crippen LogP contribution < -0.4 is 0 Å². The summed E-state index contributed by atoms with van der Waals surface area (Å²) in [5.41, 5.74) is 0. The number of piperazine rings is 1. The highest BCUT2D eigenvalue weighted by atomic mass is 15.3. The molecule has 0 aliphatic carbocycles. The quantitative estimate of drug-likeness (QED) is 0.676. The second kappa shape index (κ2) is 4.19. The van der Waals surface area contributed by atoms with Crippen molar-refractivity contribution in [3.63, 3.8) is 0 Å². The minimum atomic E-state index is 0.872. The lowest BCUT2D eigenvalue weighted by Gasteiger charge is -2.55. The average molecular weight is 196 g/mol. The van der Waals surface area contributed by atoms with Crippen LogP contribution in [0.3, 0.4) is 0 Å². The number of hydrogen-bond donors (Lipinski definition) is 0. The van der Waals surface area contributed by atoms with E-state index in [0.29, 0.717) is 0 Å². The molecule has 2 nitrogen and oxygen atoms in total. The molecule has 82 valence electrons. The third-order valence-electron chi connectivity index (χ3n) is 3.89. The second-order valence-electron chi connectivity index (χ2n) is 5.50. The Morgan fingerprint density at radius 2 is 1.86 bits per heavy atom. The Morgan fingerprint density at radius 1 is 1.21 bits per heavy atom. The molecule has 0 amide bonds. The Morgan fingerprint density at radius 3 is 2.36 bits per heavy atom. The van der Waals surface area contributed by atoms with Crippen LogP contribution in [-0.4, -0.2) is 48.6 Å². The maximum absolute atomic E-state index is 2.67. The highest BCUT2D eigenvalue weighted by Crippen LogP contribution is 2.30. The number of hydrogen-bond acceptors (Lipinski definition) is 2. The summed E-state index contributed by atoms with van der Waals surface area (Å²) in [6.07, 6.45) is 4.24. The van der Waals surface area contributed by atoms with E-state index in [1.54, 1.807) is 0 Å². The largest absolute Gasteiger partial charge is 0.300 e. The Balaban J connectivity index is 1.64. The average Bonchev–Trinajstić information content (AvgIpc) is 2.17. The molecule has 3 rings (SSSR count). The summed E-state index contributed by atoms with van der Waals surface area (Å²) in [5, 5.41) is 0. The van der Waals surface area contributed by atoms with E-state index >= 15 is 0 Å². The Kier molecular flexibility index (Phi) is 3.13. The van der Waals surface area contributed by atoms with Gasteiger partial charge in [0.15, 0.2) is 0 Å². The van der Waals surface area contributed by atoms with Crippen LogP contribution in [0.5, 0.6) is 0 Å². The Labute approximate surface area is 88.3 Å². The van der Waals surface area contributed by atoms with Crippen molar-refractivity contribution < 1.29 is 0 Å². The minimum absolute atomic E-state index is 0.872. The number of likely N-dealkylation sites (N-methyl/N-ethyl adjacent to an activating group) is 1. The molecular formula is C12H24N2. The van der Waals surface area contributed by atoms with Gasteiger partial charge in [0.05, 0.1) is 0 Å². The molecule has 3 saturated heterocycles. The zero-order valence-corrected chi connectivity index (χ0v) is 9.87. The van der Waals surface area contributed by atoms with Gasteiger partial charge in [-0.15, -0.1) is 0 Å². The van der Waals surface area contributed by atoms with Crippen molar-refractivity contribution in [2.75, 3.05) is 26.7 Å². The molecule has 14 heavy (non-hydrogen) atoms. The van der Waals surface area contributed by atoms with E-state index in [9.17, 15) is 0 Å². The molecule has 0 radical (unpaired) electrons. The van der Waals surface area contributed by atoms with Crippen LogP contribution >= 0.6 is 0 Å². The summed E-state index contributed by atoms with van der Waals surface area (Å²) in [7, 11) is 2.28. The van der Waals surface area contributed by atoms with E-state index in [-0.39, 0.29) is 0 Å². The predicted octanol–water partition coefficient (Wildman–Crippen LogP) is 1.81. The van der Waals surface area contributed by atoms with Crippen molar-refractivity contribution in [2.45, 2.75) is 45.2 Å². The lowest BCUT2D eigenvalue weighted by Crippen LogP contribution is -2.67. The van der Waals surface area contributed by atoms with E-state index < -0.39 is 0 Å². The first-order valence-corrected chi connectivity index (χ1v) is 6.11. The minimum Gasteiger partial charge on any atom is -0.300 e. The van der Waals surface area contributed by atoms with Crippen molar-refractivity contribution >= 4 is 0 Å². The summed E-state index contributed by atoms with van der Waals surface area (Å²) in [6, 6.07) is 1.76. The highest BCUT2D eigenvalue weighted by molar-refractivity contribution is 4.98. The maximum Gasteiger partial charge on any atom is 0.0238 e. The molecule has 3 heterocycles. The first-order chi connectivity index (χ1) is 6.66. The molecule has 2 unspecified atom stereocenters. The lowest BCUT2D eigenvalue weighted by atomic mass is 9.88. The molecule has 0 N–H and O–H groups in total. The fourth-order valence-electron chi connectivity index (χ4n) is 2.79. The molecule has 3 aliphatic rings. The highest BCUT2D eigenvalue weighted by Gasteiger charge is 2.41. The topological polar surface area (TPSA) is 6.48 Å². The predicted molar refractivity (Wildman–Crippen MR) is 60.5 cm³/mol. The van der Waals surface area contributed by atoms with Gasteiger partial charge in [-0.1, -0.05) is 13.8 Å². The molecule has 3 aliphatic heterocycles. The van der Waals surface area contributed by atoms with Crippen molar-refractivity contribution in [3.8, 4) is 0 Å². The zero-order chi connectivity index (χ0) is 10.1. The van der Waals surface area contributed by atoms with Crippen LogP contribution in [-0.2, 0) is 0 Å². The van der Waals surface area contributed by atoms with Crippen molar-refractivity contribution in [1.29, 1.82) is 0 Å². The van der Waals surface area contributed by atoms with Gasteiger partial charge in [-0.3, -0.25) is 4.90 Å². The maximum atomic E-state index is 2.67. The van der Waals surface area contributed by atoms with Gasteiger partial charge in [0.1, 0.15) is 0 Å². The van der Waals surface area contributed by atoms with Gasteiger partial charge in [0.2, 0.25) is 0 Å². The summed E-state index contributed by atoms with van der Waals surface area (Å²) >= 11 is 0. The molecule has 2 bridgehead atoms. The van der Waals surface area contributed by atoms with Gasteiger partial charge in [0.25, 0.3) is 0 Å². The third kappa shape index (κ3) is 2.12. The van der Waals surface area contributed by atoms with Crippen LogP contribution in [0.1, 0.15) is 33.1 Å². The molecule has 0 spiro atoms. The first-order valence-electron chi connectivity index (χ1n) is 6.11. The van der Waals surface area contributed by atoms with Crippen LogP contribution in [0.4, 0.5) is 0 Å². The van der Waals surface area contributed by atoms with Crippen LogP contribution in [0.15, 0.2) is 0 Å². The lowest BCUT2D eigenvalue weighted by molar-refractivity contribution is -0.0506. The summed E-state index contributed by atoms with van der Waals surface area (Å²) in [4.78, 5) is 5.22. The smallest absolute Gasteiger partial charge is 0.0238 e. The normalized spacial score (nSPS) is 33.4. The Bertz CT molecular complexity index is 179. The van der Waals surface area contributed by atoms with E-state index in [2.05, 4.69) is 30.7 Å². The molecular weight excluding hydrogens is 172 g/mol. The van der Waals surface area contributed by atoms with Gasteiger partial charge in [0, 0.05) is 25.2 Å². The third-order valence-corrected chi connectivity index (χ3v) is 3.89. The van der Waals surface area contributed by atoms with E-state index in [0.717, 1.165) is 18.0 Å². The molecule has 2 atom stereocenters. The van der Waals surface area contributed by atoms with Crippen molar-refractivity contribution in [1.82, 2.24) is 9.80 Å². The van der Waals surface area contributed by atoms with Crippen molar-refractivity contribution in [2.24, 2.45) is 5.92 Å². The fraction of sp³-hybridized carbons (Fsp3) is 1.00. The van der Waals surface area contributed by atoms with Gasteiger partial charge >= 0.3 is 0 Å². The van der Waals surface area contributed by atoms with E-state index in [1.165, 1.54) is 38.9 Å². The molecule has 2 heteroatoms. The number of fused-ring (bicyclic) bond motifs is 2. The van der Waals surface area contributed by atoms with Gasteiger partial charge in [-0.05, 0) is 38.8 Å².